The highest BCUT2D eigenvalue weighted by atomic mass is 32.2. The van der Waals surface area contributed by atoms with Crippen LogP contribution in [-0.4, -0.2) is 45.6 Å². The monoisotopic (exact) mass is 511 g/mol. The molecule has 8 nitrogen and oxygen atoms in total. The molecule has 2 N–H and O–H groups in total. The molecular formula is C27H33N3O5S. The average molecular weight is 512 g/mol. The third kappa shape index (κ3) is 4.93. The number of methoxy groups -OCH3 is 1. The first-order valence-corrected chi connectivity index (χ1v) is 14.3. The van der Waals surface area contributed by atoms with Crippen LogP contribution < -0.4 is 14.5 Å². The molecule has 0 spiro atoms. The van der Waals surface area contributed by atoms with Gasteiger partial charge in [0.2, 0.25) is 10.0 Å². The molecule has 6 rings (SSSR count). The van der Waals surface area contributed by atoms with Gasteiger partial charge >= 0.3 is 0 Å². The molecule has 4 aliphatic rings. The number of anilines is 1. The molecule has 0 saturated heterocycles. The lowest BCUT2D eigenvalue weighted by molar-refractivity contribution is -0.119. The van der Waals surface area contributed by atoms with Crippen LogP contribution in [0.4, 0.5) is 5.69 Å². The largest absolute Gasteiger partial charge is 0.504 e. The van der Waals surface area contributed by atoms with Crippen molar-refractivity contribution in [2.45, 2.75) is 43.9 Å². The van der Waals surface area contributed by atoms with Crippen molar-refractivity contribution >= 4 is 27.8 Å². The zero-order chi connectivity index (χ0) is 25.5. The van der Waals surface area contributed by atoms with Gasteiger partial charge < -0.3 is 9.84 Å². The van der Waals surface area contributed by atoms with E-state index in [1.807, 2.05) is 12.1 Å². The van der Waals surface area contributed by atoms with Crippen LogP contribution >= 0.6 is 0 Å². The van der Waals surface area contributed by atoms with E-state index in [4.69, 9.17) is 4.74 Å². The quantitative estimate of drug-likeness (QED) is 0.414. The molecule has 4 aliphatic carbocycles. The number of phenolic OH excluding ortho intramolecular Hbond substituents is 1. The highest BCUT2D eigenvalue weighted by Crippen LogP contribution is 2.60. The molecular weight excluding hydrogens is 478 g/mol. The molecule has 0 heterocycles. The Morgan fingerprint density at radius 1 is 1.11 bits per heavy atom. The third-order valence-corrected chi connectivity index (χ3v) is 9.24. The maximum atomic E-state index is 12.5. The van der Waals surface area contributed by atoms with E-state index >= 15 is 0 Å². The van der Waals surface area contributed by atoms with E-state index < -0.39 is 15.9 Å². The van der Waals surface area contributed by atoms with Gasteiger partial charge in [-0.05, 0) is 103 Å². The number of nitrogens with zero attached hydrogens (tertiary/aromatic N) is 2. The number of sulfonamides is 1. The Morgan fingerprint density at radius 3 is 2.28 bits per heavy atom. The summed E-state index contributed by atoms with van der Waals surface area (Å²) in [6.07, 6.45) is 10.3. The second-order valence-electron chi connectivity index (χ2n) is 10.7. The first-order valence-electron chi connectivity index (χ1n) is 12.4. The van der Waals surface area contributed by atoms with E-state index in [1.54, 1.807) is 12.1 Å². The van der Waals surface area contributed by atoms with Crippen LogP contribution in [0.1, 0.15) is 49.7 Å². The van der Waals surface area contributed by atoms with Gasteiger partial charge in [0.1, 0.15) is 6.54 Å². The van der Waals surface area contributed by atoms with Crippen LogP contribution in [0.25, 0.3) is 0 Å². The van der Waals surface area contributed by atoms with Gasteiger partial charge in [-0.1, -0.05) is 12.1 Å². The smallest absolute Gasteiger partial charge is 0.260 e. The molecule has 2 aromatic rings. The van der Waals surface area contributed by atoms with E-state index in [0.717, 1.165) is 28.3 Å². The highest BCUT2D eigenvalue weighted by Gasteiger charge is 2.51. The Morgan fingerprint density at radius 2 is 1.72 bits per heavy atom. The minimum Gasteiger partial charge on any atom is -0.504 e. The first kappa shape index (κ1) is 24.6. The van der Waals surface area contributed by atoms with Crippen molar-refractivity contribution in [2.24, 2.45) is 22.9 Å². The molecule has 0 radical (unpaired) electrons. The van der Waals surface area contributed by atoms with Gasteiger partial charge in [-0.15, -0.1) is 0 Å². The van der Waals surface area contributed by atoms with Crippen molar-refractivity contribution in [1.29, 1.82) is 0 Å². The van der Waals surface area contributed by atoms with Gasteiger partial charge in [-0.25, -0.2) is 13.8 Å². The number of hydrogen-bond donors (Lipinski definition) is 2. The van der Waals surface area contributed by atoms with Crippen molar-refractivity contribution in [3.05, 3.63) is 53.6 Å². The number of nitrogens with one attached hydrogen (secondary N) is 1. The maximum Gasteiger partial charge on any atom is 0.260 e. The fourth-order valence-corrected chi connectivity index (χ4v) is 7.82. The van der Waals surface area contributed by atoms with Gasteiger partial charge in [0, 0.05) is 0 Å². The Balaban J connectivity index is 1.27. The van der Waals surface area contributed by atoms with Crippen LogP contribution in [-0.2, 0) is 20.2 Å². The Labute approximate surface area is 212 Å². The fourth-order valence-electron chi connectivity index (χ4n) is 6.96. The first-order chi connectivity index (χ1) is 17.1. The van der Waals surface area contributed by atoms with Crippen LogP contribution in [0.3, 0.4) is 0 Å². The lowest BCUT2D eigenvalue weighted by atomic mass is 9.48. The van der Waals surface area contributed by atoms with E-state index in [9.17, 15) is 18.3 Å². The van der Waals surface area contributed by atoms with Crippen LogP contribution in [0.2, 0.25) is 0 Å². The zero-order valence-corrected chi connectivity index (χ0v) is 21.5. The normalized spacial score (nSPS) is 26.8. The van der Waals surface area contributed by atoms with Gasteiger partial charge in [0.25, 0.3) is 5.91 Å². The summed E-state index contributed by atoms with van der Waals surface area (Å²) in [5, 5.41) is 13.6. The van der Waals surface area contributed by atoms with Crippen molar-refractivity contribution < 1.29 is 23.1 Å². The van der Waals surface area contributed by atoms with E-state index in [1.165, 1.54) is 63.5 Å². The fraction of sp³-hybridized carbons (Fsp3) is 0.481. The molecule has 1 amide bonds. The summed E-state index contributed by atoms with van der Waals surface area (Å²) in [6, 6.07) is 12.4. The van der Waals surface area contributed by atoms with E-state index in [2.05, 4.69) is 22.7 Å². The summed E-state index contributed by atoms with van der Waals surface area (Å²) < 4.78 is 31.2. The summed E-state index contributed by atoms with van der Waals surface area (Å²) in [6.45, 7) is -0.383. The number of hydrogen-bond acceptors (Lipinski definition) is 6. The topological polar surface area (TPSA) is 108 Å². The van der Waals surface area contributed by atoms with E-state index in [-0.39, 0.29) is 23.5 Å². The van der Waals surface area contributed by atoms with Crippen molar-refractivity contribution in [1.82, 2.24) is 5.43 Å². The molecule has 4 saturated carbocycles. The Hall–Kier alpha value is -3.07. The number of carbonyl (C=O) groups is 1. The molecule has 2 aromatic carbocycles. The summed E-state index contributed by atoms with van der Waals surface area (Å²) >= 11 is 0. The summed E-state index contributed by atoms with van der Waals surface area (Å²) in [5.41, 5.74) is 4.98. The molecule has 192 valence electrons. The second-order valence-corrected chi connectivity index (χ2v) is 12.6. The molecule has 36 heavy (non-hydrogen) atoms. The number of hydrazone groups is 1. The van der Waals surface area contributed by atoms with Crippen LogP contribution in [0, 0.1) is 17.8 Å². The molecule has 0 atom stereocenters. The number of benzene rings is 2. The standard InChI is InChI=1S/C27H33N3O5S/c1-35-25-12-18(3-8-24(25)31)16-28-29-26(32)17-30(36(2,33)34)23-6-4-22(5-7-23)27-13-19-9-20(14-27)11-21(10-19)15-27/h3-8,12,16,19-21,31H,9-11,13-15,17H2,1-2H3,(H,29,32)/b28-16+. The lowest BCUT2D eigenvalue weighted by Gasteiger charge is -2.57. The average Bonchev–Trinajstić information content (AvgIpc) is 2.82. The van der Waals surface area contributed by atoms with E-state index in [0.29, 0.717) is 11.3 Å². The summed E-state index contributed by atoms with van der Waals surface area (Å²) in [5.74, 6) is 2.20. The van der Waals surface area contributed by atoms with Gasteiger partial charge in [-0.3, -0.25) is 9.10 Å². The summed E-state index contributed by atoms with van der Waals surface area (Å²) in [7, 11) is -2.25. The molecule has 9 heteroatoms. The zero-order valence-electron chi connectivity index (χ0n) is 20.7. The summed E-state index contributed by atoms with van der Waals surface area (Å²) in [4.78, 5) is 12.5. The number of phenols is 1. The van der Waals surface area contributed by atoms with Crippen molar-refractivity contribution in [2.75, 3.05) is 24.2 Å². The van der Waals surface area contributed by atoms with Gasteiger partial charge in [0.05, 0.1) is 25.3 Å². The second kappa shape index (κ2) is 9.42. The number of ether oxygens (including phenoxy) is 1. The van der Waals surface area contributed by atoms with Gasteiger partial charge in [-0.2, -0.15) is 5.10 Å². The van der Waals surface area contributed by atoms with Crippen LogP contribution in [0.5, 0.6) is 11.5 Å². The Bertz CT molecular complexity index is 1240. The molecule has 0 aliphatic heterocycles. The molecule has 4 fully saturated rings. The van der Waals surface area contributed by atoms with Crippen molar-refractivity contribution in [3.8, 4) is 11.5 Å². The number of amides is 1. The van der Waals surface area contributed by atoms with Crippen LogP contribution in [0.15, 0.2) is 47.6 Å². The number of rotatable bonds is 8. The minimum atomic E-state index is -3.69. The Kier molecular flexibility index (Phi) is 6.44. The minimum absolute atomic E-state index is 0.00306. The third-order valence-electron chi connectivity index (χ3n) is 8.10. The molecule has 0 unspecified atom stereocenters. The molecule has 0 aromatic heterocycles. The molecule has 4 bridgehead atoms. The highest BCUT2D eigenvalue weighted by molar-refractivity contribution is 7.92. The maximum absolute atomic E-state index is 12.5. The van der Waals surface area contributed by atoms with Gasteiger partial charge in [0.15, 0.2) is 11.5 Å². The van der Waals surface area contributed by atoms with Crippen molar-refractivity contribution in [3.63, 3.8) is 0 Å². The SMILES string of the molecule is COc1cc(/C=N/NC(=O)CN(c2ccc(C34CC5CC(CC(C5)C3)C4)cc2)S(C)(=O)=O)ccc1O. The lowest BCUT2D eigenvalue weighted by Crippen LogP contribution is -2.48. The number of carbonyl (C=O) groups excluding carboxylic acids is 1. The predicted octanol–water partition coefficient (Wildman–Crippen LogP) is 3.78. The predicted molar refractivity (Wildman–Crippen MR) is 139 cm³/mol. The number of aromatic hydroxyl groups is 1.